The van der Waals surface area contributed by atoms with Crippen molar-refractivity contribution in [2.24, 2.45) is 0 Å². The molecule has 0 amide bonds. The van der Waals surface area contributed by atoms with Crippen LogP contribution in [-0.2, 0) is 28.2 Å². The maximum absolute atomic E-state index is 11.6. The molecule has 33 heavy (non-hydrogen) atoms. The van der Waals surface area contributed by atoms with Gasteiger partial charge in [0.05, 0.1) is 0 Å². The average Bonchev–Trinajstić information content (AvgIpc) is 3.56. The normalized spacial score (nSPS) is 17.5. The summed E-state index contributed by atoms with van der Waals surface area (Å²) in [4.78, 5) is 2.25. The Balaban J connectivity index is 1.56. The monoisotopic (exact) mass is 474 g/mol. The number of benzene rings is 4. The van der Waals surface area contributed by atoms with Crippen LogP contribution in [0.25, 0.3) is 21.5 Å². The molecule has 6 rings (SSSR count). The molecule has 2 heterocycles. The minimum Gasteiger partial charge on any atom is -0.503 e. The van der Waals surface area contributed by atoms with E-state index in [-0.39, 0.29) is 21.8 Å². The molecule has 0 radical (unpaired) electrons. The average molecular weight is 475 g/mol. The molecule has 0 bridgehead atoms. The Labute approximate surface area is 201 Å². The summed E-state index contributed by atoms with van der Waals surface area (Å²) in [6.45, 7) is 0. The van der Waals surface area contributed by atoms with Gasteiger partial charge in [0.2, 0.25) is 0 Å². The fourth-order valence-corrected chi connectivity index (χ4v) is 10.4. The standard InChI is InChI=1S/C29H28O2S2/c30-28-24(22-11-3-1-9-20(22)17-26(28)32-13-5-6-14-32)19-25-23-12-4-2-10-21(23)18-27(29(25)31)33-15-7-8-16-33/h1-4,9-12,17-18H,5-8,13-16,19H2/p+2. The molecule has 0 atom stereocenters. The van der Waals surface area contributed by atoms with Crippen LogP contribution in [-0.4, -0.2) is 33.2 Å². The first-order valence-corrected chi connectivity index (χ1v) is 15.2. The van der Waals surface area contributed by atoms with Gasteiger partial charge in [0.15, 0.2) is 21.3 Å². The second-order valence-corrected chi connectivity index (χ2v) is 13.7. The Morgan fingerprint density at radius 2 is 0.970 bits per heavy atom. The molecule has 0 saturated carbocycles. The molecule has 2 aliphatic heterocycles. The van der Waals surface area contributed by atoms with Gasteiger partial charge in [0, 0.05) is 51.5 Å². The van der Waals surface area contributed by atoms with E-state index < -0.39 is 0 Å². The number of phenolic OH excluding ortho intramolecular Hbond substituents is 2. The molecule has 2 nitrogen and oxygen atoms in total. The molecule has 2 saturated heterocycles. The van der Waals surface area contributed by atoms with E-state index in [4.69, 9.17) is 0 Å². The van der Waals surface area contributed by atoms with Gasteiger partial charge in [-0.3, -0.25) is 0 Å². The van der Waals surface area contributed by atoms with E-state index >= 15 is 0 Å². The number of hydrogen-bond donors (Lipinski definition) is 2. The Morgan fingerprint density at radius 1 is 0.576 bits per heavy atom. The zero-order valence-electron chi connectivity index (χ0n) is 18.8. The third kappa shape index (κ3) is 3.77. The van der Waals surface area contributed by atoms with E-state index in [0.29, 0.717) is 17.9 Å². The molecule has 0 unspecified atom stereocenters. The Hall–Kier alpha value is -2.30. The highest BCUT2D eigenvalue weighted by atomic mass is 32.2. The van der Waals surface area contributed by atoms with Crippen LogP contribution in [0.4, 0.5) is 0 Å². The van der Waals surface area contributed by atoms with E-state index in [2.05, 4.69) is 60.7 Å². The molecule has 0 spiro atoms. The van der Waals surface area contributed by atoms with Gasteiger partial charge in [-0.25, -0.2) is 0 Å². The predicted octanol–water partition coefficient (Wildman–Crippen LogP) is 6.54. The molecule has 2 aliphatic rings. The number of aromatic hydroxyl groups is 2. The van der Waals surface area contributed by atoms with Crippen LogP contribution in [0.2, 0.25) is 0 Å². The molecule has 2 N–H and O–H groups in total. The summed E-state index contributed by atoms with van der Waals surface area (Å²) in [6.07, 6.45) is 5.55. The Morgan fingerprint density at radius 3 is 1.39 bits per heavy atom. The molecule has 4 aromatic rings. The van der Waals surface area contributed by atoms with Crippen molar-refractivity contribution < 1.29 is 10.2 Å². The lowest BCUT2D eigenvalue weighted by molar-refractivity contribution is 0.451. The second-order valence-electron chi connectivity index (χ2n) is 9.24. The minimum absolute atomic E-state index is 0.124. The van der Waals surface area contributed by atoms with Gasteiger partial charge in [0.25, 0.3) is 0 Å². The first kappa shape index (κ1) is 21.2. The zero-order valence-corrected chi connectivity index (χ0v) is 20.5. The number of fused-ring (bicyclic) bond motifs is 2. The van der Waals surface area contributed by atoms with Crippen LogP contribution in [0.5, 0.6) is 11.5 Å². The van der Waals surface area contributed by atoms with E-state index in [1.807, 2.05) is 0 Å². The fraction of sp³-hybridized carbons (Fsp3) is 0.310. The van der Waals surface area contributed by atoms with Crippen LogP contribution in [0.1, 0.15) is 36.8 Å². The summed E-state index contributed by atoms with van der Waals surface area (Å²) in [7, 11) is 0.247. The maximum atomic E-state index is 11.6. The third-order valence-electron chi connectivity index (χ3n) is 7.22. The Kier molecular flexibility index (Phi) is 5.67. The van der Waals surface area contributed by atoms with Crippen molar-refractivity contribution >= 4 is 43.3 Å². The lowest BCUT2D eigenvalue weighted by atomic mass is 9.93. The van der Waals surface area contributed by atoms with Crippen molar-refractivity contribution in [2.45, 2.75) is 41.9 Å². The minimum atomic E-state index is 0.124. The van der Waals surface area contributed by atoms with Crippen LogP contribution in [0.3, 0.4) is 0 Å². The van der Waals surface area contributed by atoms with Crippen LogP contribution < -0.4 is 0 Å². The molecular weight excluding hydrogens is 444 g/mol. The smallest absolute Gasteiger partial charge is 0.197 e. The number of rotatable bonds is 4. The highest BCUT2D eigenvalue weighted by molar-refractivity contribution is 7.97. The van der Waals surface area contributed by atoms with Gasteiger partial charge in [-0.2, -0.15) is 0 Å². The highest BCUT2D eigenvalue weighted by Gasteiger charge is 2.34. The predicted molar refractivity (Wildman–Crippen MR) is 143 cm³/mol. The van der Waals surface area contributed by atoms with Gasteiger partial charge < -0.3 is 10.2 Å². The molecule has 4 aromatic carbocycles. The van der Waals surface area contributed by atoms with Gasteiger partial charge in [-0.15, -0.1) is 0 Å². The van der Waals surface area contributed by atoms with Gasteiger partial charge in [-0.05, 0) is 47.2 Å². The summed E-state index contributed by atoms with van der Waals surface area (Å²) in [5, 5.41) is 27.7. The van der Waals surface area contributed by atoms with Crippen molar-refractivity contribution in [3.05, 3.63) is 71.8 Å². The SMILES string of the molecule is Oc1c([S+]2CCCC2)cc2ccccc2c1Cc1c(O)c([S+]2CCCC2)cc2ccccc12. The molecule has 2 fully saturated rings. The van der Waals surface area contributed by atoms with Crippen molar-refractivity contribution in [1.29, 1.82) is 0 Å². The van der Waals surface area contributed by atoms with Crippen LogP contribution in [0.15, 0.2) is 70.5 Å². The Bertz CT molecular complexity index is 1230. The summed E-state index contributed by atoms with van der Waals surface area (Å²) in [5.74, 6) is 5.62. The van der Waals surface area contributed by atoms with E-state index in [9.17, 15) is 10.2 Å². The molecule has 4 heteroatoms. The molecule has 0 aliphatic carbocycles. The topological polar surface area (TPSA) is 40.5 Å². The quantitative estimate of drug-likeness (QED) is 0.330. The lowest BCUT2D eigenvalue weighted by Crippen LogP contribution is -2.08. The fourth-order valence-electron chi connectivity index (χ4n) is 5.49. The van der Waals surface area contributed by atoms with Crippen molar-refractivity contribution in [2.75, 3.05) is 23.0 Å². The van der Waals surface area contributed by atoms with E-state index in [1.54, 1.807) is 0 Å². The number of phenols is 2. The van der Waals surface area contributed by atoms with Crippen molar-refractivity contribution in [1.82, 2.24) is 0 Å². The maximum Gasteiger partial charge on any atom is 0.197 e. The highest BCUT2D eigenvalue weighted by Crippen LogP contribution is 2.43. The van der Waals surface area contributed by atoms with Crippen LogP contribution >= 0.6 is 0 Å². The first-order chi connectivity index (χ1) is 16.2. The van der Waals surface area contributed by atoms with Crippen LogP contribution in [0, 0.1) is 0 Å². The third-order valence-corrected chi connectivity index (χ3v) is 12.2. The number of hydrogen-bond acceptors (Lipinski definition) is 2. The van der Waals surface area contributed by atoms with Gasteiger partial charge in [-0.1, -0.05) is 48.5 Å². The first-order valence-electron chi connectivity index (χ1n) is 12.0. The van der Waals surface area contributed by atoms with Gasteiger partial charge >= 0.3 is 0 Å². The summed E-state index contributed by atoms with van der Waals surface area (Å²) < 4.78 is 0. The van der Waals surface area contributed by atoms with E-state index in [1.165, 1.54) is 59.5 Å². The largest absolute Gasteiger partial charge is 0.503 e. The molecular formula is C29H30O2S2+2. The zero-order chi connectivity index (χ0) is 22.4. The molecule has 0 aromatic heterocycles. The van der Waals surface area contributed by atoms with Crippen molar-refractivity contribution in [3.8, 4) is 11.5 Å². The second kappa shape index (κ2) is 8.81. The summed E-state index contributed by atoms with van der Waals surface area (Å²) >= 11 is 0. The van der Waals surface area contributed by atoms with Gasteiger partial charge in [0.1, 0.15) is 23.0 Å². The lowest BCUT2D eigenvalue weighted by Gasteiger charge is -2.16. The summed E-state index contributed by atoms with van der Waals surface area (Å²) in [6, 6.07) is 21.3. The summed E-state index contributed by atoms with van der Waals surface area (Å²) in [5.41, 5.74) is 1.93. The van der Waals surface area contributed by atoms with E-state index in [0.717, 1.165) is 31.7 Å². The van der Waals surface area contributed by atoms with Crippen molar-refractivity contribution in [3.63, 3.8) is 0 Å². The molecule has 168 valence electrons.